The van der Waals surface area contributed by atoms with Crippen molar-refractivity contribution in [1.82, 2.24) is 5.01 Å². The molecular weight excluding hydrogens is 636 g/mol. The van der Waals surface area contributed by atoms with Crippen LogP contribution in [0.4, 0.5) is 17.1 Å². The Labute approximate surface area is 286 Å². The lowest BCUT2D eigenvalue weighted by atomic mass is 9.49. The van der Waals surface area contributed by atoms with Crippen LogP contribution < -0.4 is 10.3 Å². The summed E-state index contributed by atoms with van der Waals surface area (Å²) in [7, 11) is 0. The van der Waals surface area contributed by atoms with Crippen LogP contribution in [0.15, 0.2) is 115 Å². The third kappa shape index (κ3) is 4.49. The van der Waals surface area contributed by atoms with Gasteiger partial charge in [-0.05, 0) is 73.2 Å². The van der Waals surface area contributed by atoms with E-state index >= 15 is 4.79 Å². The van der Waals surface area contributed by atoms with Gasteiger partial charge < -0.3 is 5.11 Å². The number of non-ortho nitro benzene ring substituents is 1. The summed E-state index contributed by atoms with van der Waals surface area (Å²) in [5, 5.41) is 22.7. The average molecular weight is 669 g/mol. The Morgan fingerprint density at radius 3 is 2.16 bits per heavy atom. The molecule has 2 saturated heterocycles. The highest BCUT2D eigenvalue weighted by atomic mass is 16.6. The van der Waals surface area contributed by atoms with Crippen molar-refractivity contribution in [2.75, 3.05) is 10.3 Å². The Morgan fingerprint density at radius 2 is 1.50 bits per heavy atom. The number of aryl methyl sites for hydroxylation is 1. The second-order valence-electron chi connectivity index (χ2n) is 13.5. The number of hydrogen-bond donors (Lipinski definition) is 2. The number of imide groups is 2. The standard InChI is InChI=1S/C39H32N4O7/c1-22-7-11-25(12-8-22)40-42-36(46)32-21-31-29(19-20-30-33(31)37(47)41(35(30)45)26-13-15-27(16-14-26)43(49)50)34(23-9-17-28(44)18-10-23)39(32,38(42)48)24-5-3-2-4-6-24/h2-19,30-34,40,44H,20-21H2,1H3/t30-,31+,32-,33-,34-,39+/m0/s1. The van der Waals surface area contributed by atoms with Crippen molar-refractivity contribution in [1.29, 1.82) is 0 Å². The van der Waals surface area contributed by atoms with E-state index in [1.54, 1.807) is 36.4 Å². The van der Waals surface area contributed by atoms with Gasteiger partial charge in [0, 0.05) is 18.1 Å². The first-order valence-electron chi connectivity index (χ1n) is 16.5. The van der Waals surface area contributed by atoms with E-state index in [0.717, 1.165) is 21.0 Å². The normalized spacial score (nSPS) is 27.1. The summed E-state index contributed by atoms with van der Waals surface area (Å²) in [6.07, 6.45) is 2.34. The van der Waals surface area contributed by atoms with Crippen molar-refractivity contribution in [2.24, 2.45) is 23.7 Å². The summed E-state index contributed by atoms with van der Waals surface area (Å²) in [5.41, 5.74) is 5.46. The molecule has 4 amide bonds. The fourth-order valence-corrected chi connectivity index (χ4v) is 8.77. The van der Waals surface area contributed by atoms with Crippen molar-refractivity contribution < 1.29 is 29.2 Å². The Kier molecular flexibility index (Phi) is 7.18. The maximum Gasteiger partial charge on any atom is 0.269 e. The molecule has 0 bridgehead atoms. The molecule has 2 aliphatic carbocycles. The maximum absolute atomic E-state index is 15.1. The van der Waals surface area contributed by atoms with Gasteiger partial charge in [0.25, 0.3) is 17.5 Å². The summed E-state index contributed by atoms with van der Waals surface area (Å²) in [5.74, 6) is -5.37. The van der Waals surface area contributed by atoms with Gasteiger partial charge in [-0.25, -0.2) is 0 Å². The number of hydrogen-bond acceptors (Lipinski definition) is 8. The van der Waals surface area contributed by atoms with Crippen LogP contribution in [0.5, 0.6) is 5.75 Å². The van der Waals surface area contributed by atoms with Gasteiger partial charge in [0.1, 0.15) is 5.75 Å². The van der Waals surface area contributed by atoms with Crippen molar-refractivity contribution >= 4 is 40.7 Å². The number of phenols is 1. The number of allylic oxidation sites excluding steroid dienone is 2. The molecule has 3 fully saturated rings. The van der Waals surface area contributed by atoms with Gasteiger partial charge in [-0.3, -0.25) is 39.6 Å². The van der Waals surface area contributed by atoms with Crippen LogP contribution in [-0.2, 0) is 24.6 Å². The van der Waals surface area contributed by atoms with Crippen molar-refractivity contribution in [2.45, 2.75) is 31.1 Å². The first-order valence-corrected chi connectivity index (χ1v) is 16.5. The molecule has 0 aromatic heterocycles. The number of anilines is 2. The number of carbonyl (C=O) groups is 4. The minimum atomic E-state index is -1.41. The molecule has 4 aromatic rings. The topological polar surface area (TPSA) is 150 Å². The number of benzene rings is 4. The number of phenolic OH excluding ortho intramolecular Hbond substituents is 1. The van der Waals surface area contributed by atoms with Crippen LogP contribution in [0.25, 0.3) is 0 Å². The minimum absolute atomic E-state index is 0.0379. The van der Waals surface area contributed by atoms with Gasteiger partial charge >= 0.3 is 0 Å². The van der Waals surface area contributed by atoms with E-state index in [-0.39, 0.29) is 30.0 Å². The fourth-order valence-electron chi connectivity index (χ4n) is 8.77. The van der Waals surface area contributed by atoms with Gasteiger partial charge in [0.15, 0.2) is 0 Å². The summed E-state index contributed by atoms with van der Waals surface area (Å²) in [4.78, 5) is 69.9. The first-order chi connectivity index (χ1) is 24.1. The highest BCUT2D eigenvalue weighted by Crippen LogP contribution is 2.64. The lowest BCUT2D eigenvalue weighted by Gasteiger charge is -2.50. The number of fused-ring (bicyclic) bond motifs is 4. The maximum atomic E-state index is 15.1. The Balaban J connectivity index is 1.28. The number of nitro benzene ring substituents is 1. The molecule has 11 heteroatoms. The van der Waals surface area contributed by atoms with Crippen LogP contribution in [0.1, 0.15) is 35.4 Å². The minimum Gasteiger partial charge on any atom is -0.508 e. The number of hydrazine groups is 1. The lowest BCUT2D eigenvalue weighted by Crippen LogP contribution is -2.53. The van der Waals surface area contributed by atoms with Gasteiger partial charge in [0.05, 0.1) is 39.5 Å². The van der Waals surface area contributed by atoms with E-state index in [9.17, 15) is 29.6 Å². The zero-order valence-corrected chi connectivity index (χ0v) is 26.9. The van der Waals surface area contributed by atoms with Gasteiger partial charge in [-0.15, -0.1) is 0 Å². The molecule has 8 rings (SSSR count). The van der Waals surface area contributed by atoms with E-state index in [0.29, 0.717) is 16.8 Å². The largest absolute Gasteiger partial charge is 0.508 e. The quantitative estimate of drug-likeness (QED) is 0.113. The van der Waals surface area contributed by atoms with E-state index in [2.05, 4.69) is 5.43 Å². The van der Waals surface area contributed by atoms with Gasteiger partial charge in [-0.2, -0.15) is 5.01 Å². The third-order valence-corrected chi connectivity index (χ3v) is 10.9. The second kappa shape index (κ2) is 11.5. The molecule has 2 heterocycles. The number of nitrogens with zero attached hydrogens (tertiary/aromatic N) is 3. The highest BCUT2D eigenvalue weighted by Gasteiger charge is 2.70. The number of amides is 4. The van der Waals surface area contributed by atoms with Crippen molar-refractivity contribution in [3.05, 3.63) is 142 Å². The summed E-state index contributed by atoms with van der Waals surface area (Å²) in [6, 6.07) is 28.5. The monoisotopic (exact) mass is 668 g/mol. The molecule has 11 nitrogen and oxygen atoms in total. The predicted molar refractivity (Wildman–Crippen MR) is 182 cm³/mol. The molecule has 6 atom stereocenters. The summed E-state index contributed by atoms with van der Waals surface area (Å²) >= 11 is 0. The van der Waals surface area contributed by atoms with Crippen LogP contribution >= 0.6 is 0 Å². The molecule has 2 N–H and O–H groups in total. The molecule has 0 radical (unpaired) electrons. The molecule has 4 aromatic carbocycles. The Bertz CT molecular complexity index is 2100. The lowest BCUT2D eigenvalue weighted by molar-refractivity contribution is -0.384. The van der Waals surface area contributed by atoms with Crippen molar-refractivity contribution in [3.8, 4) is 5.75 Å². The molecule has 250 valence electrons. The van der Waals surface area contributed by atoms with E-state index in [1.165, 1.54) is 24.3 Å². The zero-order chi connectivity index (χ0) is 34.9. The number of aromatic hydroxyl groups is 1. The molecule has 0 spiro atoms. The van der Waals surface area contributed by atoms with E-state index in [4.69, 9.17) is 0 Å². The molecule has 4 aliphatic rings. The predicted octanol–water partition coefficient (Wildman–Crippen LogP) is 5.80. The van der Waals surface area contributed by atoms with E-state index in [1.807, 2.05) is 55.5 Å². The molecule has 1 saturated carbocycles. The Morgan fingerprint density at radius 1 is 0.820 bits per heavy atom. The third-order valence-electron chi connectivity index (χ3n) is 10.9. The number of carbonyl (C=O) groups excluding carboxylic acids is 4. The molecule has 2 aliphatic heterocycles. The molecular formula is C39H32N4O7. The van der Waals surface area contributed by atoms with Gasteiger partial charge in [-0.1, -0.05) is 71.8 Å². The summed E-state index contributed by atoms with van der Waals surface area (Å²) in [6.45, 7) is 1.94. The number of nitrogens with one attached hydrogen (secondary N) is 1. The van der Waals surface area contributed by atoms with Crippen LogP contribution in [0.2, 0.25) is 0 Å². The van der Waals surface area contributed by atoms with Crippen LogP contribution in [0.3, 0.4) is 0 Å². The Hall–Kier alpha value is -6.10. The number of rotatable bonds is 6. The fraction of sp³-hybridized carbons (Fsp3) is 0.231. The molecule has 0 unspecified atom stereocenters. The highest BCUT2D eigenvalue weighted by molar-refractivity contribution is 6.22. The van der Waals surface area contributed by atoms with Gasteiger partial charge in [0.2, 0.25) is 11.8 Å². The zero-order valence-electron chi connectivity index (χ0n) is 26.9. The average Bonchev–Trinajstić information content (AvgIpc) is 3.51. The second-order valence-corrected chi connectivity index (χ2v) is 13.5. The van der Waals surface area contributed by atoms with Crippen LogP contribution in [0, 0.1) is 40.7 Å². The first kappa shape index (κ1) is 31.2. The summed E-state index contributed by atoms with van der Waals surface area (Å²) < 4.78 is 0. The number of nitro groups is 1. The van der Waals surface area contributed by atoms with Crippen LogP contribution in [-0.4, -0.2) is 38.7 Å². The smallest absolute Gasteiger partial charge is 0.269 e. The molecule has 50 heavy (non-hydrogen) atoms. The SMILES string of the molecule is Cc1ccc(NN2C(=O)[C@@H]3C[C@@H]4C(=CC[C@@H]5C(=O)N(c6ccc([N+](=O)[O-])cc6)C(=O)[C@@H]54)[C@H](c4ccc(O)cc4)[C@]3(c3ccccc3)C2=O)cc1. The van der Waals surface area contributed by atoms with Crippen molar-refractivity contribution in [3.63, 3.8) is 0 Å². The van der Waals surface area contributed by atoms with E-state index < -0.39 is 63.6 Å².